The average molecular weight is 308 g/mol. The molecule has 0 rings (SSSR count). The van der Waals surface area contributed by atoms with Gasteiger partial charge in [0.2, 0.25) is 0 Å². The standard InChI is InChI=1S/2C3H6O2S.CH4OS2/c2*4-3(5)1-2-6;1-3-4-2/h2*6H,1-2H2,(H,4,5);2H,1H3. The second kappa shape index (κ2) is 20.7. The Morgan fingerprint density at radius 1 is 1.06 bits per heavy atom. The summed E-state index contributed by atoms with van der Waals surface area (Å²) in [5, 5.41) is 15.7. The van der Waals surface area contributed by atoms with Crippen molar-refractivity contribution in [1.29, 1.82) is 0 Å². The summed E-state index contributed by atoms with van der Waals surface area (Å²) in [6.07, 6.45) is 2.12. The van der Waals surface area contributed by atoms with Crippen molar-refractivity contribution in [3.05, 3.63) is 0 Å². The molecule has 0 bridgehead atoms. The smallest absolute Gasteiger partial charge is 0.304 e. The van der Waals surface area contributed by atoms with Gasteiger partial charge < -0.3 is 14.8 Å². The van der Waals surface area contributed by atoms with Crippen LogP contribution >= 0.6 is 47.1 Å². The molecule has 0 radical (unpaired) electrons. The van der Waals surface area contributed by atoms with Crippen LogP contribution in [0.4, 0.5) is 0 Å². The van der Waals surface area contributed by atoms with E-state index < -0.39 is 11.9 Å². The molecule has 0 unspecified atom stereocenters. The SMILES string of the molecule is CSSO.O=C(O)CCS.O=C(O)CCS. The molecule has 5 nitrogen and oxygen atoms in total. The molecular weight excluding hydrogens is 292 g/mol. The van der Waals surface area contributed by atoms with Gasteiger partial charge in [-0.1, -0.05) is 10.8 Å². The van der Waals surface area contributed by atoms with Crippen LogP contribution in [0, 0.1) is 0 Å². The molecule has 0 aromatic rings. The number of aliphatic carboxylic acids is 2. The van der Waals surface area contributed by atoms with Crippen LogP contribution in [0.5, 0.6) is 0 Å². The van der Waals surface area contributed by atoms with Crippen LogP contribution in [-0.4, -0.2) is 44.5 Å². The Hall–Kier alpha value is 0.300. The van der Waals surface area contributed by atoms with Crippen LogP contribution in [-0.2, 0) is 9.59 Å². The summed E-state index contributed by atoms with van der Waals surface area (Å²) in [6.45, 7) is 0. The first-order valence-corrected chi connectivity index (χ1v) is 7.73. The van der Waals surface area contributed by atoms with E-state index in [1.165, 1.54) is 10.8 Å². The second-order valence-corrected chi connectivity index (χ2v) is 4.80. The van der Waals surface area contributed by atoms with Crippen LogP contribution in [0.1, 0.15) is 12.8 Å². The van der Waals surface area contributed by atoms with E-state index in [4.69, 9.17) is 14.8 Å². The van der Waals surface area contributed by atoms with Crippen LogP contribution < -0.4 is 0 Å². The fourth-order valence-corrected chi connectivity index (χ4v) is 0.574. The molecule has 0 aromatic heterocycles. The summed E-state index contributed by atoms with van der Waals surface area (Å²) in [5.41, 5.74) is 0. The van der Waals surface area contributed by atoms with Crippen LogP contribution in [0.15, 0.2) is 0 Å². The van der Waals surface area contributed by atoms with Gasteiger partial charge in [-0.3, -0.25) is 9.59 Å². The summed E-state index contributed by atoms with van der Waals surface area (Å²) in [6, 6.07) is 0. The largest absolute Gasteiger partial charge is 0.481 e. The highest BCUT2D eigenvalue weighted by Crippen LogP contribution is 2.08. The summed E-state index contributed by atoms with van der Waals surface area (Å²) in [5.74, 6) is -0.722. The highest BCUT2D eigenvalue weighted by Gasteiger charge is 1.88. The maximum atomic E-state index is 9.55. The van der Waals surface area contributed by atoms with E-state index in [-0.39, 0.29) is 12.8 Å². The Morgan fingerprint density at radius 3 is 1.31 bits per heavy atom. The zero-order chi connectivity index (χ0) is 13.4. The lowest BCUT2D eigenvalue weighted by atomic mass is 10.5. The van der Waals surface area contributed by atoms with E-state index in [9.17, 15) is 9.59 Å². The number of hydrogen-bond donors (Lipinski definition) is 5. The van der Waals surface area contributed by atoms with Gasteiger partial charge in [0.05, 0.1) is 23.9 Å². The number of thiol groups is 2. The van der Waals surface area contributed by atoms with Crippen molar-refractivity contribution in [2.45, 2.75) is 12.8 Å². The van der Waals surface area contributed by atoms with Gasteiger partial charge in [0.25, 0.3) is 0 Å². The second-order valence-electron chi connectivity index (χ2n) is 1.98. The van der Waals surface area contributed by atoms with E-state index in [2.05, 4.69) is 25.3 Å². The molecule has 0 aromatic carbocycles. The predicted molar refractivity (Wildman–Crippen MR) is 75.9 cm³/mol. The van der Waals surface area contributed by atoms with Gasteiger partial charge >= 0.3 is 11.9 Å². The molecule has 0 fully saturated rings. The Balaban J connectivity index is -0.000000162. The lowest BCUT2D eigenvalue weighted by Crippen LogP contribution is -1.93. The maximum Gasteiger partial charge on any atom is 0.304 e. The van der Waals surface area contributed by atoms with Crippen molar-refractivity contribution in [3.63, 3.8) is 0 Å². The van der Waals surface area contributed by atoms with Crippen molar-refractivity contribution in [2.75, 3.05) is 17.8 Å². The van der Waals surface area contributed by atoms with Crippen molar-refractivity contribution < 1.29 is 24.4 Å². The van der Waals surface area contributed by atoms with Crippen LogP contribution in [0.3, 0.4) is 0 Å². The monoisotopic (exact) mass is 308 g/mol. The third-order valence-electron chi connectivity index (χ3n) is 0.726. The Morgan fingerprint density at radius 2 is 1.31 bits per heavy atom. The van der Waals surface area contributed by atoms with E-state index in [0.29, 0.717) is 11.5 Å². The molecule has 0 saturated heterocycles. The maximum absolute atomic E-state index is 9.55. The summed E-state index contributed by atoms with van der Waals surface area (Å²) < 4.78 is 7.75. The Bertz CT molecular complexity index is 149. The van der Waals surface area contributed by atoms with Crippen molar-refractivity contribution in [1.82, 2.24) is 0 Å². The number of rotatable bonds is 5. The predicted octanol–water partition coefficient (Wildman–Crippen LogP) is 2.25. The molecule has 0 heterocycles. The zero-order valence-electron chi connectivity index (χ0n) is 8.70. The number of carboxylic acids is 2. The van der Waals surface area contributed by atoms with Crippen molar-refractivity contribution in [3.8, 4) is 0 Å². The van der Waals surface area contributed by atoms with Crippen LogP contribution in [0.25, 0.3) is 0 Å². The molecule has 0 aliphatic heterocycles. The van der Waals surface area contributed by atoms with E-state index >= 15 is 0 Å². The number of carbonyl (C=O) groups is 2. The molecule has 9 heteroatoms. The molecule has 16 heavy (non-hydrogen) atoms. The molecule has 0 aliphatic rings. The molecule has 0 saturated carbocycles. The first kappa shape index (κ1) is 21.6. The molecule has 0 aliphatic carbocycles. The van der Waals surface area contributed by atoms with Gasteiger partial charge in [0.15, 0.2) is 0 Å². The van der Waals surface area contributed by atoms with Gasteiger partial charge in [-0.05, 0) is 6.26 Å². The van der Waals surface area contributed by atoms with Gasteiger partial charge in [0, 0.05) is 11.5 Å². The molecular formula is C7H16O5S4. The Kier molecular flexibility index (Phi) is 27.9. The van der Waals surface area contributed by atoms with Gasteiger partial charge in [-0.2, -0.15) is 25.3 Å². The van der Waals surface area contributed by atoms with Crippen LogP contribution in [0.2, 0.25) is 0 Å². The lowest BCUT2D eigenvalue weighted by Gasteiger charge is -1.79. The Labute approximate surface area is 114 Å². The van der Waals surface area contributed by atoms with Crippen molar-refractivity contribution >= 4 is 59.1 Å². The summed E-state index contributed by atoms with van der Waals surface area (Å²) in [7, 11) is 1.33. The highest BCUT2D eigenvalue weighted by molar-refractivity contribution is 8.74. The fourth-order valence-electron chi connectivity index (χ4n) is 0.191. The number of hydrogen-bond acceptors (Lipinski definition) is 7. The fraction of sp³-hybridized carbons (Fsp3) is 0.714. The van der Waals surface area contributed by atoms with Gasteiger partial charge in [-0.15, -0.1) is 0 Å². The lowest BCUT2D eigenvalue weighted by molar-refractivity contribution is -0.137. The topological polar surface area (TPSA) is 94.8 Å². The van der Waals surface area contributed by atoms with Gasteiger partial charge in [0.1, 0.15) is 0 Å². The zero-order valence-corrected chi connectivity index (χ0v) is 12.1. The van der Waals surface area contributed by atoms with Crippen molar-refractivity contribution in [2.24, 2.45) is 0 Å². The molecule has 98 valence electrons. The van der Waals surface area contributed by atoms with E-state index in [0.717, 1.165) is 11.1 Å². The number of carboxylic acid groups (broad SMARTS) is 2. The van der Waals surface area contributed by atoms with Gasteiger partial charge in [-0.25, -0.2) is 0 Å². The minimum atomic E-state index is -0.787. The first-order chi connectivity index (χ1) is 7.45. The third kappa shape index (κ3) is 47.5. The van der Waals surface area contributed by atoms with E-state index in [1.54, 1.807) is 0 Å². The molecule has 3 N–H and O–H groups in total. The summed E-state index contributed by atoms with van der Waals surface area (Å²) in [4.78, 5) is 19.1. The minimum Gasteiger partial charge on any atom is -0.481 e. The minimum absolute atomic E-state index is 0.156. The average Bonchev–Trinajstić information content (AvgIpc) is 2.18. The molecule has 0 amide bonds. The molecule has 0 atom stereocenters. The highest BCUT2D eigenvalue weighted by atomic mass is 33.1. The van der Waals surface area contributed by atoms with E-state index in [1.807, 2.05) is 6.26 Å². The summed E-state index contributed by atoms with van der Waals surface area (Å²) >= 11 is 8.13. The molecule has 0 spiro atoms. The third-order valence-corrected chi connectivity index (χ3v) is 1.77. The first-order valence-electron chi connectivity index (χ1n) is 3.95. The normalized spacial score (nSPS) is 8.00. The quantitative estimate of drug-likeness (QED) is 0.302.